The van der Waals surface area contributed by atoms with Crippen molar-refractivity contribution < 1.29 is 4.74 Å². The molecule has 2 aromatic carbocycles. The Morgan fingerprint density at radius 3 is 2.69 bits per heavy atom. The Kier molecular flexibility index (Phi) is 5.45. The van der Waals surface area contributed by atoms with Gasteiger partial charge in [-0.25, -0.2) is 4.98 Å². The molecule has 0 atom stereocenters. The van der Waals surface area contributed by atoms with Crippen LogP contribution in [0.15, 0.2) is 77.4 Å². The summed E-state index contributed by atoms with van der Waals surface area (Å²) in [7, 11) is 1.67. The van der Waals surface area contributed by atoms with E-state index >= 15 is 0 Å². The molecular weight excluding hydrogens is 464 g/mol. The number of ether oxygens (including phenoxy) is 1. The van der Waals surface area contributed by atoms with Gasteiger partial charge in [-0.2, -0.15) is 0 Å². The second kappa shape index (κ2) is 8.55. The van der Waals surface area contributed by atoms with Gasteiger partial charge < -0.3 is 9.72 Å². The number of fused-ring (bicyclic) bond motifs is 1. The topological polar surface area (TPSA) is 63.7 Å². The number of methoxy groups -OCH3 is 1. The number of benzene rings is 2. The van der Waals surface area contributed by atoms with Gasteiger partial charge in [0.05, 0.1) is 34.2 Å². The second-order valence-corrected chi connectivity index (χ2v) is 8.48. The van der Waals surface area contributed by atoms with E-state index in [1.165, 1.54) is 0 Å². The van der Waals surface area contributed by atoms with Crippen LogP contribution in [0.3, 0.4) is 0 Å². The monoisotopic (exact) mass is 484 g/mol. The maximum Gasteiger partial charge on any atom is 0.133 e. The summed E-state index contributed by atoms with van der Waals surface area (Å²) in [6, 6.07) is 22.4. The highest BCUT2D eigenvalue weighted by molar-refractivity contribution is 9.10. The molecule has 32 heavy (non-hydrogen) atoms. The van der Waals surface area contributed by atoms with Crippen molar-refractivity contribution in [1.29, 1.82) is 0 Å². The first-order valence-electron chi connectivity index (χ1n) is 10.3. The average Bonchev–Trinajstić information content (AvgIpc) is 3.23. The zero-order valence-corrected chi connectivity index (χ0v) is 19.3. The molecule has 3 heterocycles. The first-order valence-corrected chi connectivity index (χ1v) is 11.1. The third-order valence-corrected chi connectivity index (χ3v) is 5.98. The molecule has 0 saturated carbocycles. The number of imidazole rings is 1. The summed E-state index contributed by atoms with van der Waals surface area (Å²) < 4.78 is 6.27. The first-order chi connectivity index (χ1) is 15.6. The largest absolute Gasteiger partial charge is 0.496 e. The van der Waals surface area contributed by atoms with Gasteiger partial charge in [0.15, 0.2) is 0 Å². The van der Waals surface area contributed by atoms with Gasteiger partial charge in [-0.05, 0) is 70.9 Å². The fraction of sp³-hybridized carbons (Fsp3) is 0.115. The molecule has 3 aromatic heterocycles. The van der Waals surface area contributed by atoms with Crippen LogP contribution in [0.4, 0.5) is 0 Å². The smallest absolute Gasteiger partial charge is 0.133 e. The number of hydrogen-bond acceptors (Lipinski definition) is 4. The molecule has 5 nitrogen and oxygen atoms in total. The highest BCUT2D eigenvalue weighted by Gasteiger charge is 2.16. The summed E-state index contributed by atoms with van der Waals surface area (Å²) in [5, 5.41) is 1.08. The Balaban J connectivity index is 1.61. The van der Waals surface area contributed by atoms with Gasteiger partial charge in [-0.3, -0.25) is 9.97 Å². The van der Waals surface area contributed by atoms with Crippen LogP contribution >= 0.6 is 15.9 Å². The fourth-order valence-electron chi connectivity index (χ4n) is 3.82. The molecular formula is C26H21BrN4O. The minimum Gasteiger partial charge on any atom is -0.496 e. The Bertz CT molecular complexity index is 1430. The number of aromatic amines is 1. The normalized spacial score (nSPS) is 11.1. The van der Waals surface area contributed by atoms with E-state index in [0.29, 0.717) is 6.42 Å². The SMILES string of the molecule is COc1ccc(Cc2nc(-c3ccc4ncccc4c3)c(-c3cccc(C)n3)[nH]2)cc1Br. The number of halogens is 1. The maximum atomic E-state index is 5.35. The molecule has 1 N–H and O–H groups in total. The van der Waals surface area contributed by atoms with E-state index < -0.39 is 0 Å². The lowest BCUT2D eigenvalue weighted by Gasteiger charge is -2.05. The van der Waals surface area contributed by atoms with E-state index in [4.69, 9.17) is 14.7 Å². The van der Waals surface area contributed by atoms with Gasteiger partial charge >= 0.3 is 0 Å². The van der Waals surface area contributed by atoms with Crippen molar-refractivity contribution in [2.75, 3.05) is 7.11 Å². The summed E-state index contributed by atoms with van der Waals surface area (Å²) in [5.74, 6) is 1.69. The van der Waals surface area contributed by atoms with Crippen LogP contribution in [0.1, 0.15) is 17.1 Å². The Hall–Kier alpha value is -3.51. The molecule has 0 unspecified atom stereocenters. The van der Waals surface area contributed by atoms with Crippen LogP contribution in [0.25, 0.3) is 33.5 Å². The van der Waals surface area contributed by atoms with Crippen LogP contribution in [-0.2, 0) is 6.42 Å². The fourth-order valence-corrected chi connectivity index (χ4v) is 4.41. The number of aryl methyl sites for hydroxylation is 1. The van der Waals surface area contributed by atoms with E-state index in [9.17, 15) is 0 Å². The van der Waals surface area contributed by atoms with Crippen molar-refractivity contribution in [2.24, 2.45) is 0 Å². The quantitative estimate of drug-likeness (QED) is 0.315. The van der Waals surface area contributed by atoms with Gasteiger partial charge in [-0.1, -0.05) is 24.3 Å². The molecule has 158 valence electrons. The van der Waals surface area contributed by atoms with Crippen LogP contribution in [0.5, 0.6) is 5.75 Å². The highest BCUT2D eigenvalue weighted by Crippen LogP contribution is 2.32. The van der Waals surface area contributed by atoms with E-state index in [2.05, 4.69) is 56.2 Å². The van der Waals surface area contributed by atoms with Gasteiger partial charge in [-0.15, -0.1) is 0 Å². The van der Waals surface area contributed by atoms with E-state index in [-0.39, 0.29) is 0 Å². The number of nitrogens with one attached hydrogen (secondary N) is 1. The lowest BCUT2D eigenvalue weighted by Crippen LogP contribution is -1.93. The van der Waals surface area contributed by atoms with E-state index in [1.807, 2.05) is 49.5 Å². The molecule has 0 aliphatic heterocycles. The van der Waals surface area contributed by atoms with E-state index in [1.54, 1.807) is 7.11 Å². The van der Waals surface area contributed by atoms with Crippen molar-refractivity contribution in [3.05, 3.63) is 94.5 Å². The molecule has 0 fully saturated rings. The molecule has 5 rings (SSSR count). The average molecular weight is 485 g/mol. The zero-order chi connectivity index (χ0) is 22.1. The summed E-state index contributed by atoms with van der Waals surface area (Å²) in [6.45, 7) is 2.00. The van der Waals surface area contributed by atoms with Gasteiger partial charge in [0.2, 0.25) is 0 Å². The summed E-state index contributed by atoms with van der Waals surface area (Å²) in [6.07, 6.45) is 2.47. The summed E-state index contributed by atoms with van der Waals surface area (Å²) in [4.78, 5) is 17.7. The molecule has 0 aliphatic rings. The number of nitrogens with zero attached hydrogens (tertiary/aromatic N) is 3. The molecule has 5 aromatic rings. The third-order valence-electron chi connectivity index (χ3n) is 5.36. The predicted octanol–water partition coefficient (Wildman–Crippen LogP) is 6.36. The minimum absolute atomic E-state index is 0.663. The van der Waals surface area contributed by atoms with Crippen LogP contribution in [-0.4, -0.2) is 27.0 Å². The second-order valence-electron chi connectivity index (χ2n) is 7.63. The van der Waals surface area contributed by atoms with Crippen molar-refractivity contribution in [3.8, 4) is 28.4 Å². The molecule has 0 amide bonds. The van der Waals surface area contributed by atoms with Crippen LogP contribution < -0.4 is 4.74 Å². The summed E-state index contributed by atoms with van der Waals surface area (Å²) >= 11 is 3.57. The van der Waals surface area contributed by atoms with Gasteiger partial charge in [0, 0.05) is 29.3 Å². The predicted molar refractivity (Wildman–Crippen MR) is 131 cm³/mol. The van der Waals surface area contributed by atoms with Crippen molar-refractivity contribution in [2.45, 2.75) is 13.3 Å². The van der Waals surface area contributed by atoms with Gasteiger partial charge in [0.25, 0.3) is 0 Å². The Labute approximate surface area is 194 Å². The zero-order valence-electron chi connectivity index (χ0n) is 17.8. The van der Waals surface area contributed by atoms with Crippen molar-refractivity contribution in [1.82, 2.24) is 19.9 Å². The summed E-state index contributed by atoms with van der Waals surface area (Å²) in [5.41, 5.74) is 6.76. The molecule has 0 saturated heterocycles. The van der Waals surface area contributed by atoms with Gasteiger partial charge in [0.1, 0.15) is 11.6 Å². The lowest BCUT2D eigenvalue weighted by molar-refractivity contribution is 0.412. The highest BCUT2D eigenvalue weighted by atomic mass is 79.9. The van der Waals surface area contributed by atoms with Crippen molar-refractivity contribution >= 4 is 26.8 Å². The number of hydrogen-bond donors (Lipinski definition) is 1. The van der Waals surface area contributed by atoms with Crippen LogP contribution in [0, 0.1) is 6.92 Å². The maximum absolute atomic E-state index is 5.35. The molecule has 0 aliphatic carbocycles. The van der Waals surface area contributed by atoms with Crippen molar-refractivity contribution in [3.63, 3.8) is 0 Å². The Morgan fingerprint density at radius 1 is 0.969 bits per heavy atom. The first kappa shape index (κ1) is 20.4. The molecule has 6 heteroatoms. The van der Waals surface area contributed by atoms with Crippen LogP contribution in [0.2, 0.25) is 0 Å². The van der Waals surface area contributed by atoms with E-state index in [0.717, 1.165) is 60.9 Å². The standard InChI is InChI=1S/C26H21BrN4O/c1-16-5-3-7-22(29-16)26-25(19-9-10-21-18(15-19)6-4-12-28-21)30-24(31-26)14-17-8-11-23(32-2)20(27)13-17/h3-13,15H,14H2,1-2H3,(H,30,31). The third kappa shape index (κ3) is 4.01. The minimum atomic E-state index is 0.663. The molecule has 0 bridgehead atoms. The number of pyridine rings is 2. The molecule has 0 spiro atoms. The number of H-pyrrole nitrogens is 1. The number of rotatable bonds is 5. The Morgan fingerprint density at radius 2 is 1.88 bits per heavy atom. The lowest BCUT2D eigenvalue weighted by atomic mass is 10.1. The molecule has 0 radical (unpaired) electrons. The number of aromatic nitrogens is 4.